The van der Waals surface area contributed by atoms with E-state index in [9.17, 15) is 4.79 Å². The fourth-order valence-electron chi connectivity index (χ4n) is 5.79. The second-order valence-electron chi connectivity index (χ2n) is 11.2. The smallest absolute Gasteiger partial charge is 0.343 e. The molecule has 3 aromatic rings. The van der Waals surface area contributed by atoms with Crippen LogP contribution in [0.2, 0.25) is 0 Å². The van der Waals surface area contributed by atoms with Crippen molar-refractivity contribution in [3.8, 4) is 16.9 Å². The van der Waals surface area contributed by atoms with Crippen molar-refractivity contribution in [2.45, 2.75) is 77.8 Å². The summed E-state index contributed by atoms with van der Waals surface area (Å²) in [6, 6.07) is 24.3. The Balaban J connectivity index is 1.45. The van der Waals surface area contributed by atoms with Crippen molar-refractivity contribution in [3.05, 3.63) is 102 Å². The summed E-state index contributed by atoms with van der Waals surface area (Å²) >= 11 is 0. The molecule has 3 nitrogen and oxygen atoms in total. The standard InChI is InChI=1S/C33H39NO2/c1-7-21-34-32(3,4)22-29(23-33(34,5)6)27-13-11-25(12-14-27)26-15-17-28(18-16-26)31(35)36-30-19-9-24(8-2)10-20-30/h7,9-21,29H,8,22-23H2,1-6H3/b21-7+. The maximum atomic E-state index is 12.6. The minimum Gasteiger partial charge on any atom is -0.423 e. The van der Waals surface area contributed by atoms with Crippen molar-refractivity contribution in [1.29, 1.82) is 0 Å². The van der Waals surface area contributed by atoms with E-state index in [1.165, 1.54) is 11.1 Å². The molecule has 1 aliphatic heterocycles. The number of aryl methyl sites for hydroxylation is 1. The molecule has 0 spiro atoms. The van der Waals surface area contributed by atoms with Crippen LogP contribution in [0.3, 0.4) is 0 Å². The molecule has 0 atom stereocenters. The molecule has 36 heavy (non-hydrogen) atoms. The van der Waals surface area contributed by atoms with Crippen molar-refractivity contribution in [2.24, 2.45) is 0 Å². The summed E-state index contributed by atoms with van der Waals surface area (Å²) in [5, 5.41) is 0. The van der Waals surface area contributed by atoms with E-state index in [0.29, 0.717) is 17.2 Å². The lowest BCUT2D eigenvalue weighted by atomic mass is 9.71. The van der Waals surface area contributed by atoms with Crippen LogP contribution in [0.1, 0.15) is 81.8 Å². The van der Waals surface area contributed by atoms with Gasteiger partial charge in [0.15, 0.2) is 0 Å². The predicted molar refractivity (Wildman–Crippen MR) is 149 cm³/mol. The Morgan fingerprint density at radius 3 is 1.89 bits per heavy atom. The zero-order valence-electron chi connectivity index (χ0n) is 22.5. The molecule has 0 saturated carbocycles. The number of hydrogen-bond acceptors (Lipinski definition) is 3. The number of rotatable bonds is 6. The van der Waals surface area contributed by atoms with Gasteiger partial charge in [-0.05, 0) is 113 Å². The van der Waals surface area contributed by atoms with E-state index in [4.69, 9.17) is 4.74 Å². The van der Waals surface area contributed by atoms with Crippen LogP contribution >= 0.6 is 0 Å². The molecule has 0 aromatic heterocycles. The van der Waals surface area contributed by atoms with Gasteiger partial charge in [0.2, 0.25) is 0 Å². The van der Waals surface area contributed by atoms with E-state index in [1.807, 2.05) is 48.5 Å². The molecule has 0 aliphatic carbocycles. The lowest BCUT2D eigenvalue weighted by Gasteiger charge is -2.55. The molecule has 0 bridgehead atoms. The van der Waals surface area contributed by atoms with Gasteiger partial charge in [0.25, 0.3) is 0 Å². The van der Waals surface area contributed by atoms with Crippen LogP contribution in [0.15, 0.2) is 85.1 Å². The van der Waals surface area contributed by atoms with Gasteiger partial charge in [0.05, 0.1) is 5.56 Å². The van der Waals surface area contributed by atoms with Gasteiger partial charge in [-0.3, -0.25) is 0 Å². The Bertz CT molecular complexity index is 1180. The molecule has 0 amide bonds. The lowest BCUT2D eigenvalue weighted by Crippen LogP contribution is -2.57. The first kappa shape index (κ1) is 25.8. The van der Waals surface area contributed by atoms with Gasteiger partial charge in [-0.25, -0.2) is 4.79 Å². The van der Waals surface area contributed by atoms with Gasteiger partial charge in [-0.15, -0.1) is 0 Å². The van der Waals surface area contributed by atoms with Crippen LogP contribution in [-0.4, -0.2) is 21.9 Å². The van der Waals surface area contributed by atoms with Gasteiger partial charge in [0, 0.05) is 11.1 Å². The van der Waals surface area contributed by atoms with Crippen LogP contribution in [0.5, 0.6) is 5.75 Å². The highest BCUT2D eigenvalue weighted by atomic mass is 16.5. The second kappa shape index (κ2) is 10.3. The normalized spacial score (nSPS) is 17.3. The third-order valence-electron chi connectivity index (χ3n) is 7.47. The third kappa shape index (κ3) is 5.56. The molecular formula is C33H39NO2. The van der Waals surface area contributed by atoms with Crippen LogP contribution in [0.25, 0.3) is 11.1 Å². The number of esters is 1. The average Bonchev–Trinajstić information content (AvgIpc) is 2.86. The Kier molecular flexibility index (Phi) is 7.40. The Labute approximate surface area is 216 Å². The Hall–Kier alpha value is -3.33. The topological polar surface area (TPSA) is 29.5 Å². The maximum absolute atomic E-state index is 12.6. The zero-order valence-corrected chi connectivity index (χ0v) is 22.5. The van der Waals surface area contributed by atoms with Gasteiger partial charge in [0.1, 0.15) is 5.75 Å². The summed E-state index contributed by atoms with van der Waals surface area (Å²) in [6.45, 7) is 13.6. The molecule has 3 heteroatoms. The van der Waals surface area contributed by atoms with Crippen molar-refractivity contribution < 1.29 is 9.53 Å². The highest BCUT2D eigenvalue weighted by molar-refractivity contribution is 5.91. The highest BCUT2D eigenvalue weighted by Crippen LogP contribution is 2.46. The van der Waals surface area contributed by atoms with E-state index in [0.717, 1.165) is 30.4 Å². The van der Waals surface area contributed by atoms with Gasteiger partial charge < -0.3 is 9.64 Å². The molecule has 0 radical (unpaired) electrons. The fraction of sp³-hybridized carbons (Fsp3) is 0.364. The summed E-state index contributed by atoms with van der Waals surface area (Å²) in [5.74, 6) is 0.754. The van der Waals surface area contributed by atoms with E-state index in [2.05, 4.69) is 83.0 Å². The van der Waals surface area contributed by atoms with Crippen LogP contribution < -0.4 is 4.74 Å². The molecule has 188 valence electrons. The first-order valence-electron chi connectivity index (χ1n) is 13.1. The van der Waals surface area contributed by atoms with Gasteiger partial charge in [-0.2, -0.15) is 0 Å². The third-order valence-corrected chi connectivity index (χ3v) is 7.47. The number of ether oxygens (including phenoxy) is 1. The van der Waals surface area contributed by atoms with Crippen LogP contribution in [0, 0.1) is 0 Å². The number of nitrogens with zero attached hydrogens (tertiary/aromatic N) is 1. The second-order valence-corrected chi connectivity index (χ2v) is 11.2. The molecule has 0 unspecified atom stereocenters. The minimum absolute atomic E-state index is 0.0973. The maximum Gasteiger partial charge on any atom is 0.343 e. The Morgan fingerprint density at radius 1 is 0.861 bits per heavy atom. The van der Waals surface area contributed by atoms with Crippen LogP contribution in [0.4, 0.5) is 0 Å². The number of allylic oxidation sites excluding steroid dienone is 1. The molecule has 1 heterocycles. The van der Waals surface area contributed by atoms with E-state index < -0.39 is 0 Å². The number of hydrogen-bond donors (Lipinski definition) is 0. The van der Waals surface area contributed by atoms with Gasteiger partial charge in [-0.1, -0.05) is 61.5 Å². The van der Waals surface area contributed by atoms with Gasteiger partial charge >= 0.3 is 5.97 Å². The average molecular weight is 482 g/mol. The molecule has 0 N–H and O–H groups in total. The number of carbonyl (C=O) groups excluding carboxylic acids is 1. The largest absolute Gasteiger partial charge is 0.423 e. The SMILES string of the molecule is C/C=C/N1C(C)(C)CC(c2ccc(-c3ccc(C(=O)Oc4ccc(CC)cc4)cc3)cc2)CC1(C)C. The molecule has 4 rings (SSSR count). The lowest BCUT2D eigenvalue weighted by molar-refractivity contribution is 0.00727. The molecule has 1 aliphatic rings. The molecule has 3 aromatic carbocycles. The van der Waals surface area contributed by atoms with Crippen molar-refractivity contribution >= 4 is 5.97 Å². The highest BCUT2D eigenvalue weighted by Gasteiger charge is 2.43. The Morgan fingerprint density at radius 2 is 1.39 bits per heavy atom. The van der Waals surface area contributed by atoms with Crippen molar-refractivity contribution in [2.75, 3.05) is 0 Å². The summed E-state index contributed by atoms with van der Waals surface area (Å²) in [5.41, 5.74) is 5.60. The number of piperidine rings is 1. The molecule has 1 fully saturated rings. The first-order chi connectivity index (χ1) is 17.1. The molecular weight excluding hydrogens is 442 g/mol. The predicted octanol–water partition coefficient (Wildman–Crippen LogP) is 8.41. The van der Waals surface area contributed by atoms with E-state index >= 15 is 0 Å². The number of carbonyl (C=O) groups is 1. The van der Waals surface area contributed by atoms with Crippen molar-refractivity contribution in [1.82, 2.24) is 4.90 Å². The summed E-state index contributed by atoms with van der Waals surface area (Å²) < 4.78 is 5.54. The van der Waals surface area contributed by atoms with E-state index in [1.54, 1.807) is 0 Å². The first-order valence-corrected chi connectivity index (χ1v) is 13.1. The summed E-state index contributed by atoms with van der Waals surface area (Å²) in [6.07, 6.45) is 7.60. The monoisotopic (exact) mass is 481 g/mol. The number of benzene rings is 3. The van der Waals surface area contributed by atoms with Crippen molar-refractivity contribution in [3.63, 3.8) is 0 Å². The summed E-state index contributed by atoms with van der Waals surface area (Å²) in [4.78, 5) is 15.1. The minimum atomic E-state index is -0.337. The molecule has 1 saturated heterocycles. The summed E-state index contributed by atoms with van der Waals surface area (Å²) in [7, 11) is 0. The van der Waals surface area contributed by atoms with Crippen LogP contribution in [-0.2, 0) is 6.42 Å². The van der Waals surface area contributed by atoms with E-state index in [-0.39, 0.29) is 17.0 Å². The zero-order chi connectivity index (χ0) is 25.9. The quantitative estimate of drug-likeness (QED) is 0.261. The number of likely N-dealkylation sites (tertiary alicyclic amines) is 1. The fourth-order valence-corrected chi connectivity index (χ4v) is 5.79.